The van der Waals surface area contributed by atoms with Crippen LogP contribution in [-0.2, 0) is 28.2 Å². The van der Waals surface area contributed by atoms with Gasteiger partial charge in [-0.3, -0.25) is 9.10 Å². The highest BCUT2D eigenvalue weighted by Gasteiger charge is 2.27. The first-order valence-electron chi connectivity index (χ1n) is 9.11. The molecule has 1 aliphatic heterocycles. The Hall–Kier alpha value is -3.13. The second-order valence-electron chi connectivity index (χ2n) is 7.10. The van der Waals surface area contributed by atoms with Gasteiger partial charge in [-0.05, 0) is 36.2 Å². The molecule has 0 atom stereocenters. The van der Waals surface area contributed by atoms with Crippen molar-refractivity contribution in [2.24, 2.45) is 7.05 Å². The largest absolute Gasteiger partial charge is 0.454 e. The number of aryl methyl sites for hydroxylation is 1. The Labute approximate surface area is 168 Å². The number of para-hydroxylation sites is 1. The number of esters is 1. The highest BCUT2D eigenvalue weighted by molar-refractivity contribution is 7.92. The number of aromatic nitrogens is 1. The van der Waals surface area contributed by atoms with Gasteiger partial charge in [0, 0.05) is 36.3 Å². The quantitative estimate of drug-likeness (QED) is 0.475. The van der Waals surface area contributed by atoms with Gasteiger partial charge >= 0.3 is 5.97 Å². The molecule has 0 spiro atoms. The Kier molecular flexibility index (Phi) is 4.66. The molecular weight excluding hydrogens is 392 g/mol. The predicted octanol–water partition coefficient (Wildman–Crippen LogP) is 2.54. The molecule has 0 saturated carbocycles. The third-order valence-electron chi connectivity index (χ3n) is 5.11. The van der Waals surface area contributed by atoms with Crippen LogP contribution in [0.4, 0.5) is 5.69 Å². The van der Waals surface area contributed by atoms with E-state index in [-0.39, 0.29) is 12.4 Å². The fourth-order valence-electron chi connectivity index (χ4n) is 3.69. The van der Waals surface area contributed by atoms with Gasteiger partial charge in [-0.1, -0.05) is 18.2 Å². The average molecular weight is 412 g/mol. The second kappa shape index (κ2) is 7.04. The van der Waals surface area contributed by atoms with E-state index in [2.05, 4.69) is 0 Å². The molecule has 4 rings (SSSR count). The van der Waals surface area contributed by atoms with Gasteiger partial charge in [-0.2, -0.15) is 0 Å². The van der Waals surface area contributed by atoms with Crippen molar-refractivity contribution >= 4 is 38.4 Å². The van der Waals surface area contributed by atoms with Crippen LogP contribution in [0.1, 0.15) is 26.3 Å². The van der Waals surface area contributed by atoms with Gasteiger partial charge < -0.3 is 9.30 Å². The minimum absolute atomic E-state index is 0.334. The van der Waals surface area contributed by atoms with Crippen molar-refractivity contribution in [3.63, 3.8) is 0 Å². The molecule has 3 aromatic rings. The van der Waals surface area contributed by atoms with Crippen LogP contribution in [0.2, 0.25) is 0 Å². The molecule has 8 heteroatoms. The van der Waals surface area contributed by atoms with Crippen molar-refractivity contribution in [1.82, 2.24) is 4.57 Å². The van der Waals surface area contributed by atoms with Crippen LogP contribution in [0.15, 0.2) is 48.7 Å². The third kappa shape index (κ3) is 3.51. The molecular formula is C21H20N2O5S. The highest BCUT2D eigenvalue weighted by Crippen LogP contribution is 2.31. The smallest absolute Gasteiger partial charge is 0.340 e. The van der Waals surface area contributed by atoms with Gasteiger partial charge in [0.2, 0.25) is 10.0 Å². The van der Waals surface area contributed by atoms with Crippen LogP contribution in [0, 0.1) is 0 Å². The minimum atomic E-state index is -3.34. The van der Waals surface area contributed by atoms with E-state index < -0.39 is 16.0 Å². The number of ketones is 1. The molecule has 0 amide bonds. The van der Waals surface area contributed by atoms with Crippen LogP contribution in [0.25, 0.3) is 10.9 Å². The minimum Gasteiger partial charge on any atom is -0.454 e. The summed E-state index contributed by atoms with van der Waals surface area (Å²) in [6.07, 6.45) is 3.39. The molecule has 29 heavy (non-hydrogen) atoms. The molecule has 0 saturated heterocycles. The lowest BCUT2D eigenvalue weighted by Gasteiger charge is -2.16. The Morgan fingerprint density at radius 3 is 2.66 bits per heavy atom. The summed E-state index contributed by atoms with van der Waals surface area (Å²) in [4.78, 5) is 25.0. The molecule has 1 aliphatic rings. The van der Waals surface area contributed by atoms with Crippen LogP contribution < -0.4 is 4.31 Å². The fraction of sp³-hybridized carbons (Fsp3) is 0.238. The molecule has 2 heterocycles. The van der Waals surface area contributed by atoms with Crippen LogP contribution in [0.3, 0.4) is 0 Å². The summed E-state index contributed by atoms with van der Waals surface area (Å²) in [7, 11) is -1.50. The SMILES string of the molecule is Cn1cc(C(=O)OCC(=O)c2ccc3c(c2)CCN3S(C)(=O)=O)c2ccccc21. The Bertz CT molecular complexity index is 1240. The van der Waals surface area contributed by atoms with Crippen LogP contribution in [0.5, 0.6) is 0 Å². The van der Waals surface area contributed by atoms with Crippen molar-refractivity contribution in [2.45, 2.75) is 6.42 Å². The molecule has 2 aromatic carbocycles. The number of hydrogen-bond donors (Lipinski definition) is 0. The van der Waals surface area contributed by atoms with Gasteiger partial charge in [-0.25, -0.2) is 13.2 Å². The Morgan fingerprint density at radius 1 is 1.14 bits per heavy atom. The first-order valence-corrected chi connectivity index (χ1v) is 11.0. The maximum atomic E-state index is 12.5. The summed E-state index contributed by atoms with van der Waals surface area (Å²) >= 11 is 0. The van der Waals surface area contributed by atoms with Crippen molar-refractivity contribution in [1.29, 1.82) is 0 Å². The number of Topliss-reactive ketones (excluding diaryl/α,β-unsaturated/α-hetero) is 1. The number of ether oxygens (including phenoxy) is 1. The lowest BCUT2D eigenvalue weighted by Crippen LogP contribution is -2.27. The summed E-state index contributed by atoms with van der Waals surface area (Å²) in [5.74, 6) is -0.890. The normalized spacial score (nSPS) is 13.5. The fourth-order valence-corrected chi connectivity index (χ4v) is 4.64. The number of rotatable bonds is 5. The van der Waals surface area contributed by atoms with Gasteiger partial charge in [0.15, 0.2) is 12.4 Å². The number of fused-ring (bicyclic) bond motifs is 2. The number of anilines is 1. The summed E-state index contributed by atoms with van der Waals surface area (Å²) in [5, 5.41) is 0.769. The zero-order chi connectivity index (χ0) is 20.8. The number of sulfonamides is 1. The van der Waals surface area contributed by atoms with E-state index in [1.54, 1.807) is 24.4 Å². The zero-order valence-electron chi connectivity index (χ0n) is 16.1. The van der Waals surface area contributed by atoms with E-state index in [1.807, 2.05) is 35.9 Å². The summed E-state index contributed by atoms with van der Waals surface area (Å²) in [6, 6.07) is 12.3. The number of benzene rings is 2. The topological polar surface area (TPSA) is 85.7 Å². The Balaban J connectivity index is 1.48. The predicted molar refractivity (Wildman–Crippen MR) is 110 cm³/mol. The number of carbonyl (C=O) groups excluding carboxylic acids is 2. The molecule has 0 aliphatic carbocycles. The highest BCUT2D eigenvalue weighted by atomic mass is 32.2. The second-order valence-corrected chi connectivity index (χ2v) is 9.01. The van der Waals surface area contributed by atoms with E-state index >= 15 is 0 Å². The van der Waals surface area contributed by atoms with E-state index in [1.165, 1.54) is 4.31 Å². The monoisotopic (exact) mass is 412 g/mol. The summed E-state index contributed by atoms with van der Waals surface area (Å²) in [6.45, 7) is -0.0154. The van der Waals surface area contributed by atoms with E-state index in [9.17, 15) is 18.0 Å². The summed E-state index contributed by atoms with van der Waals surface area (Å²) < 4.78 is 32.1. The van der Waals surface area contributed by atoms with Crippen molar-refractivity contribution < 1.29 is 22.7 Å². The van der Waals surface area contributed by atoms with Gasteiger partial charge in [0.05, 0.1) is 17.5 Å². The number of hydrogen-bond acceptors (Lipinski definition) is 5. The maximum Gasteiger partial charge on any atom is 0.340 e. The lowest BCUT2D eigenvalue weighted by atomic mass is 10.1. The third-order valence-corrected chi connectivity index (χ3v) is 6.29. The maximum absolute atomic E-state index is 12.5. The first-order chi connectivity index (χ1) is 13.8. The van der Waals surface area contributed by atoms with Crippen molar-refractivity contribution in [2.75, 3.05) is 23.7 Å². The number of nitrogens with zero attached hydrogens (tertiary/aromatic N) is 2. The molecule has 0 N–H and O–H groups in total. The molecule has 0 fully saturated rings. The van der Waals surface area contributed by atoms with Crippen LogP contribution in [-0.4, -0.2) is 44.1 Å². The van der Waals surface area contributed by atoms with Gasteiger partial charge in [0.1, 0.15) is 0 Å². The van der Waals surface area contributed by atoms with Gasteiger partial charge in [-0.15, -0.1) is 0 Å². The number of carbonyl (C=O) groups is 2. The zero-order valence-corrected chi connectivity index (χ0v) is 16.9. The Morgan fingerprint density at radius 2 is 1.90 bits per heavy atom. The molecule has 7 nitrogen and oxygen atoms in total. The molecule has 0 radical (unpaired) electrons. The molecule has 1 aromatic heterocycles. The van der Waals surface area contributed by atoms with Crippen LogP contribution >= 0.6 is 0 Å². The standard InChI is InChI=1S/C21H20N2O5S/c1-22-12-17(16-5-3-4-6-19(16)22)21(25)28-13-20(24)15-7-8-18-14(11-15)9-10-23(18)29(2,26)27/h3-8,11-12H,9-10,13H2,1-2H3. The first kappa shape index (κ1) is 19.2. The lowest BCUT2D eigenvalue weighted by molar-refractivity contribution is 0.0476. The molecule has 150 valence electrons. The van der Waals surface area contributed by atoms with E-state index in [0.717, 1.165) is 22.7 Å². The van der Waals surface area contributed by atoms with E-state index in [0.29, 0.717) is 29.8 Å². The summed E-state index contributed by atoms with van der Waals surface area (Å²) in [5.41, 5.74) is 3.09. The van der Waals surface area contributed by atoms with Crippen molar-refractivity contribution in [3.8, 4) is 0 Å². The molecule has 0 unspecified atom stereocenters. The van der Waals surface area contributed by atoms with Crippen molar-refractivity contribution in [3.05, 3.63) is 65.4 Å². The molecule has 0 bridgehead atoms. The van der Waals surface area contributed by atoms with E-state index in [4.69, 9.17) is 4.74 Å². The average Bonchev–Trinajstić information content (AvgIpc) is 3.27. The van der Waals surface area contributed by atoms with Gasteiger partial charge in [0.25, 0.3) is 0 Å².